The summed E-state index contributed by atoms with van der Waals surface area (Å²) in [6, 6.07) is 20.1. The minimum Gasteiger partial charge on any atom is -0.497 e. The van der Waals surface area contributed by atoms with Gasteiger partial charge in [0.2, 0.25) is 0 Å². The second-order valence-corrected chi connectivity index (χ2v) is 8.76. The fraction of sp³-hybridized carbons (Fsp3) is 0.241. The lowest BCUT2D eigenvalue weighted by molar-refractivity contribution is -0.123. The van der Waals surface area contributed by atoms with Crippen LogP contribution in [0.25, 0.3) is 11.6 Å². The molecule has 0 atom stereocenters. The Balaban J connectivity index is 1.73. The number of carbonyl (C=O) groups excluding carboxylic acids is 2. The Bertz CT molecular complexity index is 1260. The summed E-state index contributed by atoms with van der Waals surface area (Å²) >= 11 is 0. The van der Waals surface area contributed by atoms with Gasteiger partial charge < -0.3 is 14.2 Å². The lowest BCUT2D eigenvalue weighted by atomic mass is 9.91. The van der Waals surface area contributed by atoms with Crippen LogP contribution < -0.4 is 14.2 Å². The smallest absolute Gasteiger partial charge is 0.261 e. The van der Waals surface area contributed by atoms with Gasteiger partial charge in [0.25, 0.3) is 11.8 Å². The van der Waals surface area contributed by atoms with Crippen LogP contribution in [0.15, 0.2) is 66.7 Å². The number of amides is 2. The molecular formula is C29H29NO5. The Morgan fingerprint density at radius 2 is 1.54 bits per heavy atom. The Morgan fingerprint density at radius 3 is 2.20 bits per heavy atom. The van der Waals surface area contributed by atoms with Crippen molar-refractivity contribution in [3.63, 3.8) is 0 Å². The number of carbonyl (C=O) groups is 2. The Morgan fingerprint density at radius 1 is 0.829 bits per heavy atom. The molecule has 6 nitrogen and oxygen atoms in total. The molecule has 0 unspecified atom stereocenters. The van der Waals surface area contributed by atoms with Crippen LogP contribution in [0.5, 0.6) is 17.2 Å². The summed E-state index contributed by atoms with van der Waals surface area (Å²) in [5.41, 5.74) is 3.18. The first-order valence-corrected chi connectivity index (χ1v) is 11.5. The Kier molecular flexibility index (Phi) is 7.20. The topological polar surface area (TPSA) is 65.1 Å². The number of benzene rings is 3. The van der Waals surface area contributed by atoms with Gasteiger partial charge >= 0.3 is 0 Å². The summed E-state index contributed by atoms with van der Waals surface area (Å²) in [6.45, 7) is 4.86. The average Bonchev–Trinajstić information content (AvgIpc) is 2.88. The largest absolute Gasteiger partial charge is 0.497 e. The molecular weight excluding hydrogens is 442 g/mol. The molecule has 0 bridgehead atoms. The van der Waals surface area contributed by atoms with E-state index in [-0.39, 0.29) is 18.4 Å². The van der Waals surface area contributed by atoms with E-state index in [0.717, 1.165) is 11.1 Å². The van der Waals surface area contributed by atoms with E-state index in [1.165, 1.54) is 4.90 Å². The van der Waals surface area contributed by atoms with E-state index in [1.807, 2.05) is 48.5 Å². The molecule has 0 saturated carbocycles. The molecule has 1 aliphatic rings. The van der Waals surface area contributed by atoms with Crippen LogP contribution in [-0.4, -0.2) is 37.5 Å². The monoisotopic (exact) mass is 471 g/mol. The van der Waals surface area contributed by atoms with Gasteiger partial charge in [-0.3, -0.25) is 14.5 Å². The molecule has 0 aromatic heterocycles. The van der Waals surface area contributed by atoms with Gasteiger partial charge in [0.1, 0.15) is 5.75 Å². The van der Waals surface area contributed by atoms with Crippen LogP contribution >= 0.6 is 0 Å². The molecule has 35 heavy (non-hydrogen) atoms. The predicted octanol–water partition coefficient (Wildman–Crippen LogP) is 5.46. The highest BCUT2D eigenvalue weighted by Gasteiger charge is 2.34. The maximum atomic E-state index is 13.6. The normalized spacial score (nSPS) is 14.3. The zero-order valence-corrected chi connectivity index (χ0v) is 20.4. The van der Waals surface area contributed by atoms with E-state index in [4.69, 9.17) is 14.2 Å². The fourth-order valence-corrected chi connectivity index (χ4v) is 3.92. The molecule has 180 valence electrons. The summed E-state index contributed by atoms with van der Waals surface area (Å²) in [6.07, 6.45) is 1.80. The quantitative estimate of drug-likeness (QED) is 0.322. The first kappa shape index (κ1) is 24.1. The number of hydrogen-bond donors (Lipinski definition) is 0. The molecule has 0 radical (unpaired) electrons. The van der Waals surface area contributed by atoms with Crippen molar-refractivity contribution in [2.75, 3.05) is 20.8 Å². The van der Waals surface area contributed by atoms with Crippen LogP contribution in [-0.2, 0) is 11.3 Å². The Hall–Kier alpha value is -4.06. The molecule has 3 aromatic carbocycles. The van der Waals surface area contributed by atoms with Crippen LogP contribution in [0.1, 0.15) is 40.9 Å². The first-order chi connectivity index (χ1) is 16.9. The number of hydrogen-bond acceptors (Lipinski definition) is 5. The van der Waals surface area contributed by atoms with Gasteiger partial charge in [-0.15, -0.1) is 0 Å². The van der Waals surface area contributed by atoms with Crippen molar-refractivity contribution in [1.82, 2.24) is 4.90 Å². The van der Waals surface area contributed by atoms with Gasteiger partial charge in [-0.2, -0.15) is 0 Å². The van der Waals surface area contributed by atoms with E-state index < -0.39 is 0 Å². The molecule has 3 aromatic rings. The summed E-state index contributed by atoms with van der Waals surface area (Å²) in [5.74, 6) is 1.65. The summed E-state index contributed by atoms with van der Waals surface area (Å²) in [7, 11) is 3.19. The predicted molar refractivity (Wildman–Crippen MR) is 136 cm³/mol. The zero-order valence-electron chi connectivity index (χ0n) is 20.4. The third-order valence-corrected chi connectivity index (χ3v) is 5.74. The van der Waals surface area contributed by atoms with Crippen molar-refractivity contribution < 1.29 is 23.8 Å². The summed E-state index contributed by atoms with van der Waals surface area (Å²) in [5, 5.41) is 0. The van der Waals surface area contributed by atoms with Gasteiger partial charge in [-0.1, -0.05) is 50.2 Å². The molecule has 6 heteroatoms. The first-order valence-electron chi connectivity index (χ1n) is 11.5. The molecule has 1 aliphatic heterocycles. The van der Waals surface area contributed by atoms with Gasteiger partial charge in [-0.25, -0.2) is 0 Å². The van der Waals surface area contributed by atoms with E-state index >= 15 is 0 Å². The molecule has 0 spiro atoms. The van der Waals surface area contributed by atoms with Crippen LogP contribution in [0.3, 0.4) is 0 Å². The highest BCUT2D eigenvalue weighted by atomic mass is 16.5. The van der Waals surface area contributed by atoms with Crippen molar-refractivity contribution in [2.24, 2.45) is 5.92 Å². The molecule has 0 fully saturated rings. The molecule has 4 rings (SSSR count). The van der Waals surface area contributed by atoms with Gasteiger partial charge in [-0.05, 0) is 59.0 Å². The van der Waals surface area contributed by atoms with Crippen molar-refractivity contribution in [2.45, 2.75) is 20.4 Å². The van der Waals surface area contributed by atoms with Crippen molar-refractivity contribution >= 4 is 23.5 Å². The highest BCUT2D eigenvalue weighted by molar-refractivity contribution is 6.33. The average molecular weight is 472 g/mol. The van der Waals surface area contributed by atoms with Gasteiger partial charge in [0.05, 0.1) is 27.4 Å². The molecule has 0 saturated heterocycles. The fourth-order valence-electron chi connectivity index (χ4n) is 3.92. The van der Waals surface area contributed by atoms with E-state index in [9.17, 15) is 9.59 Å². The van der Waals surface area contributed by atoms with Gasteiger partial charge in [0, 0.05) is 11.1 Å². The van der Waals surface area contributed by atoms with Crippen molar-refractivity contribution in [3.8, 4) is 17.2 Å². The second-order valence-electron chi connectivity index (χ2n) is 8.76. The molecule has 2 amide bonds. The zero-order chi connectivity index (χ0) is 24.9. The third-order valence-electron chi connectivity index (χ3n) is 5.74. The molecule has 1 heterocycles. The van der Waals surface area contributed by atoms with Crippen LogP contribution in [0.4, 0.5) is 0 Å². The molecule has 0 N–H and O–H groups in total. The van der Waals surface area contributed by atoms with Crippen molar-refractivity contribution in [1.29, 1.82) is 0 Å². The van der Waals surface area contributed by atoms with Gasteiger partial charge in [0.15, 0.2) is 11.5 Å². The maximum absolute atomic E-state index is 13.6. The lowest BCUT2D eigenvalue weighted by Gasteiger charge is -2.29. The van der Waals surface area contributed by atoms with E-state index in [1.54, 1.807) is 38.5 Å². The second kappa shape index (κ2) is 10.5. The minimum atomic E-state index is -0.343. The number of fused-ring (bicyclic) bond motifs is 1. The van der Waals surface area contributed by atoms with E-state index in [0.29, 0.717) is 46.5 Å². The highest BCUT2D eigenvalue weighted by Crippen LogP contribution is 2.34. The SMILES string of the molecule is COc1ccc(CN2C(=O)C(=Cc3ccc(OC)c(OCC(C)C)c3)c3ccccc3C2=O)cc1. The van der Waals surface area contributed by atoms with Crippen LogP contribution in [0, 0.1) is 5.92 Å². The van der Waals surface area contributed by atoms with Crippen LogP contribution in [0.2, 0.25) is 0 Å². The maximum Gasteiger partial charge on any atom is 0.261 e. The minimum absolute atomic E-state index is 0.165. The number of rotatable bonds is 8. The number of ether oxygens (including phenoxy) is 3. The third kappa shape index (κ3) is 5.22. The Labute approximate surface area is 205 Å². The summed E-state index contributed by atoms with van der Waals surface area (Å²) in [4.78, 5) is 28.2. The van der Waals surface area contributed by atoms with Crippen molar-refractivity contribution in [3.05, 3.63) is 89.0 Å². The molecule has 0 aliphatic carbocycles. The number of methoxy groups -OCH3 is 2. The number of nitrogens with zero attached hydrogens (tertiary/aromatic N) is 1. The number of imide groups is 1. The summed E-state index contributed by atoms with van der Waals surface area (Å²) < 4.78 is 16.6. The lowest BCUT2D eigenvalue weighted by Crippen LogP contribution is -2.41. The standard InChI is InChI=1S/C29H29NO5/c1-19(2)18-35-27-16-21(11-14-26(27)34-4)15-25-23-7-5-6-8-24(23)28(31)30(29(25)32)17-20-9-12-22(33-3)13-10-20/h5-16,19H,17-18H2,1-4H3. The van der Waals surface area contributed by atoms with E-state index in [2.05, 4.69) is 13.8 Å².